The Bertz CT molecular complexity index is 583. The molecule has 0 bridgehead atoms. The third-order valence-corrected chi connectivity index (χ3v) is 3.91. The van der Waals surface area contributed by atoms with Crippen LogP contribution in [0.4, 0.5) is 4.39 Å². The molecule has 1 aliphatic heterocycles. The van der Waals surface area contributed by atoms with Gasteiger partial charge in [0.1, 0.15) is 17.0 Å². The standard InChI is InChI=1S/C14H14FNO4/c15-8-1-2-11-9(7-8)10(3-6-20-11)16-12(17)14(4-5-14)13(18)19/h1-2,7,10H,3-6H2,(H,16,17)(H,18,19). The van der Waals surface area contributed by atoms with E-state index in [4.69, 9.17) is 9.84 Å². The van der Waals surface area contributed by atoms with Crippen LogP contribution in [-0.4, -0.2) is 23.6 Å². The molecule has 5 nitrogen and oxygen atoms in total. The molecule has 3 rings (SSSR count). The second kappa shape index (κ2) is 4.47. The molecule has 6 heteroatoms. The van der Waals surface area contributed by atoms with Crippen molar-refractivity contribution in [2.75, 3.05) is 6.61 Å². The van der Waals surface area contributed by atoms with Gasteiger partial charge in [-0.1, -0.05) is 0 Å². The Balaban J connectivity index is 1.82. The summed E-state index contributed by atoms with van der Waals surface area (Å²) in [5.41, 5.74) is -0.725. The van der Waals surface area contributed by atoms with Crippen LogP contribution in [0.5, 0.6) is 5.75 Å². The van der Waals surface area contributed by atoms with Gasteiger partial charge in [-0.15, -0.1) is 0 Å². The van der Waals surface area contributed by atoms with Gasteiger partial charge >= 0.3 is 5.97 Å². The summed E-state index contributed by atoms with van der Waals surface area (Å²) in [6.07, 6.45) is 1.21. The molecule has 1 aromatic carbocycles. The number of rotatable bonds is 3. The molecule has 1 heterocycles. The average Bonchev–Trinajstić information content (AvgIpc) is 3.21. The number of hydrogen-bond donors (Lipinski definition) is 2. The third kappa shape index (κ3) is 2.01. The van der Waals surface area contributed by atoms with E-state index < -0.39 is 29.2 Å². The molecule has 1 unspecified atom stereocenters. The lowest BCUT2D eigenvalue weighted by Gasteiger charge is -2.27. The number of aliphatic carboxylic acids is 1. The SMILES string of the molecule is O=C(O)C1(C(=O)NC2CCOc3ccc(F)cc32)CC1. The van der Waals surface area contributed by atoms with Crippen molar-refractivity contribution < 1.29 is 23.8 Å². The number of carbonyl (C=O) groups is 2. The number of carboxylic acid groups (broad SMARTS) is 1. The van der Waals surface area contributed by atoms with Crippen molar-refractivity contribution in [1.29, 1.82) is 0 Å². The van der Waals surface area contributed by atoms with Gasteiger partial charge in [-0.05, 0) is 31.0 Å². The lowest BCUT2D eigenvalue weighted by molar-refractivity contribution is -0.149. The van der Waals surface area contributed by atoms with Gasteiger partial charge in [-0.25, -0.2) is 4.39 Å². The van der Waals surface area contributed by atoms with Crippen molar-refractivity contribution in [2.45, 2.75) is 25.3 Å². The molecule has 20 heavy (non-hydrogen) atoms. The molecule has 1 atom stereocenters. The molecule has 0 radical (unpaired) electrons. The largest absolute Gasteiger partial charge is 0.493 e. The van der Waals surface area contributed by atoms with E-state index in [0.717, 1.165) is 0 Å². The normalized spacial score (nSPS) is 22.4. The Labute approximate surface area is 114 Å². The fourth-order valence-electron chi connectivity index (χ4n) is 2.47. The fourth-order valence-corrected chi connectivity index (χ4v) is 2.47. The summed E-state index contributed by atoms with van der Waals surface area (Å²) in [7, 11) is 0. The maximum absolute atomic E-state index is 13.3. The Morgan fingerprint density at radius 3 is 2.80 bits per heavy atom. The molecule has 1 saturated carbocycles. The zero-order valence-electron chi connectivity index (χ0n) is 10.7. The van der Waals surface area contributed by atoms with Crippen LogP contribution in [-0.2, 0) is 9.59 Å². The lowest BCUT2D eigenvalue weighted by atomic mass is 9.98. The van der Waals surface area contributed by atoms with Crippen LogP contribution in [0.15, 0.2) is 18.2 Å². The van der Waals surface area contributed by atoms with Crippen LogP contribution < -0.4 is 10.1 Å². The predicted molar refractivity (Wildman–Crippen MR) is 66.7 cm³/mol. The van der Waals surface area contributed by atoms with Gasteiger partial charge in [0.2, 0.25) is 5.91 Å². The van der Waals surface area contributed by atoms with E-state index in [-0.39, 0.29) is 0 Å². The second-order valence-electron chi connectivity index (χ2n) is 5.23. The number of carbonyl (C=O) groups excluding carboxylic acids is 1. The Hall–Kier alpha value is -2.11. The molecular weight excluding hydrogens is 265 g/mol. The fraction of sp³-hybridized carbons (Fsp3) is 0.429. The topological polar surface area (TPSA) is 75.6 Å². The van der Waals surface area contributed by atoms with Crippen molar-refractivity contribution in [2.24, 2.45) is 5.41 Å². The summed E-state index contributed by atoms with van der Waals surface area (Å²) >= 11 is 0. The van der Waals surface area contributed by atoms with E-state index in [1.807, 2.05) is 0 Å². The van der Waals surface area contributed by atoms with Crippen molar-refractivity contribution in [3.05, 3.63) is 29.6 Å². The molecule has 0 aromatic heterocycles. The molecule has 1 fully saturated rings. The Kier molecular flexibility index (Phi) is 2.88. The third-order valence-electron chi connectivity index (χ3n) is 3.91. The minimum atomic E-state index is -1.29. The number of fused-ring (bicyclic) bond motifs is 1. The lowest BCUT2D eigenvalue weighted by Crippen LogP contribution is -2.40. The quantitative estimate of drug-likeness (QED) is 0.825. The van der Waals surface area contributed by atoms with Crippen LogP contribution in [0, 0.1) is 11.2 Å². The number of nitrogens with one attached hydrogen (secondary N) is 1. The molecule has 106 valence electrons. The van der Waals surface area contributed by atoms with Crippen LogP contribution in [0.1, 0.15) is 30.9 Å². The van der Waals surface area contributed by atoms with Gasteiger partial charge in [-0.2, -0.15) is 0 Å². The monoisotopic (exact) mass is 279 g/mol. The maximum Gasteiger partial charge on any atom is 0.319 e. The predicted octanol–water partition coefficient (Wildman–Crippen LogP) is 1.63. The van der Waals surface area contributed by atoms with Gasteiger partial charge in [0, 0.05) is 12.0 Å². The Morgan fingerprint density at radius 2 is 2.15 bits per heavy atom. The molecule has 2 aliphatic rings. The van der Waals surface area contributed by atoms with Crippen molar-refractivity contribution in [3.63, 3.8) is 0 Å². The zero-order chi connectivity index (χ0) is 14.3. The zero-order valence-corrected chi connectivity index (χ0v) is 10.7. The van der Waals surface area contributed by atoms with E-state index in [2.05, 4.69) is 5.32 Å². The average molecular weight is 279 g/mol. The number of ether oxygens (including phenoxy) is 1. The van der Waals surface area contributed by atoms with E-state index in [1.165, 1.54) is 18.2 Å². The second-order valence-corrected chi connectivity index (χ2v) is 5.23. The smallest absolute Gasteiger partial charge is 0.319 e. The highest BCUT2D eigenvalue weighted by molar-refractivity contribution is 6.05. The van der Waals surface area contributed by atoms with Gasteiger partial charge in [0.25, 0.3) is 0 Å². The number of hydrogen-bond acceptors (Lipinski definition) is 3. The van der Waals surface area contributed by atoms with E-state index >= 15 is 0 Å². The molecule has 0 spiro atoms. The summed E-state index contributed by atoms with van der Waals surface area (Å²) in [5, 5.41) is 11.8. The Morgan fingerprint density at radius 1 is 1.40 bits per heavy atom. The molecular formula is C14H14FNO4. The van der Waals surface area contributed by atoms with E-state index in [9.17, 15) is 14.0 Å². The summed E-state index contributed by atoms with van der Waals surface area (Å²) < 4.78 is 18.7. The number of amides is 1. The first-order chi connectivity index (χ1) is 9.53. The first kappa shape index (κ1) is 12.9. The highest BCUT2D eigenvalue weighted by Gasteiger charge is 2.57. The molecule has 1 amide bonds. The van der Waals surface area contributed by atoms with Crippen LogP contribution >= 0.6 is 0 Å². The number of halogens is 1. The summed E-state index contributed by atoms with van der Waals surface area (Å²) in [4.78, 5) is 23.2. The van der Waals surface area contributed by atoms with Gasteiger partial charge in [0.05, 0.1) is 12.6 Å². The van der Waals surface area contributed by atoms with E-state index in [0.29, 0.717) is 37.2 Å². The van der Waals surface area contributed by atoms with Crippen LogP contribution in [0.25, 0.3) is 0 Å². The molecule has 2 N–H and O–H groups in total. The van der Waals surface area contributed by atoms with Crippen LogP contribution in [0.3, 0.4) is 0 Å². The first-order valence-electron chi connectivity index (χ1n) is 6.49. The highest BCUT2D eigenvalue weighted by atomic mass is 19.1. The first-order valence-corrected chi connectivity index (χ1v) is 6.49. The molecule has 0 saturated heterocycles. The van der Waals surface area contributed by atoms with Crippen molar-refractivity contribution in [3.8, 4) is 5.75 Å². The number of carboxylic acids is 1. The minimum Gasteiger partial charge on any atom is -0.493 e. The van der Waals surface area contributed by atoms with Gasteiger partial charge < -0.3 is 15.2 Å². The molecule has 1 aliphatic carbocycles. The molecule has 1 aromatic rings. The summed E-state index contributed by atoms with van der Waals surface area (Å²) in [5.74, 6) is -1.47. The minimum absolute atomic E-state index is 0.355. The summed E-state index contributed by atoms with van der Waals surface area (Å²) in [6.45, 7) is 0.406. The highest BCUT2D eigenvalue weighted by Crippen LogP contribution is 2.47. The van der Waals surface area contributed by atoms with E-state index in [1.54, 1.807) is 0 Å². The summed E-state index contributed by atoms with van der Waals surface area (Å²) in [6, 6.07) is 3.73. The van der Waals surface area contributed by atoms with Gasteiger partial charge in [-0.3, -0.25) is 9.59 Å². The van der Waals surface area contributed by atoms with Crippen molar-refractivity contribution >= 4 is 11.9 Å². The van der Waals surface area contributed by atoms with Crippen LogP contribution in [0.2, 0.25) is 0 Å². The maximum atomic E-state index is 13.3. The van der Waals surface area contributed by atoms with Crippen molar-refractivity contribution in [1.82, 2.24) is 5.32 Å². The number of benzene rings is 1. The van der Waals surface area contributed by atoms with Gasteiger partial charge in [0.15, 0.2) is 0 Å².